The van der Waals surface area contributed by atoms with Crippen LogP contribution in [0.15, 0.2) is 187 Å². The summed E-state index contributed by atoms with van der Waals surface area (Å²) in [5.74, 6) is 1.82. The van der Waals surface area contributed by atoms with Crippen LogP contribution in [0.25, 0.3) is 78.4 Å². The first-order valence-corrected chi connectivity index (χ1v) is 16.7. The summed E-state index contributed by atoms with van der Waals surface area (Å²) in [5, 5.41) is 2.02. The minimum Gasteiger partial charge on any atom is -0.456 e. The summed E-state index contributed by atoms with van der Waals surface area (Å²) in [6.07, 6.45) is 10.8. The third-order valence-corrected chi connectivity index (χ3v) is 8.79. The first-order chi connectivity index (χ1) is 24.7. The molecule has 0 atom stereocenters. The predicted octanol–water partition coefficient (Wildman–Crippen LogP) is 11.9. The lowest BCUT2D eigenvalue weighted by Gasteiger charge is -2.11. The monoisotopic (exact) mass is 643 g/mol. The van der Waals surface area contributed by atoms with E-state index < -0.39 is 0 Å². The summed E-state index contributed by atoms with van der Waals surface area (Å²) in [6.45, 7) is 3.71. The number of nitrogens with zero attached hydrogens (tertiary/aromatic N) is 3. The third kappa shape index (κ3) is 6.30. The van der Waals surface area contributed by atoms with Gasteiger partial charge in [0.25, 0.3) is 0 Å². The maximum atomic E-state index is 6.22. The largest absolute Gasteiger partial charge is 0.456 e. The molecule has 0 bridgehead atoms. The third-order valence-electron chi connectivity index (χ3n) is 8.79. The fourth-order valence-electron chi connectivity index (χ4n) is 6.25. The minimum atomic E-state index is 0.598. The van der Waals surface area contributed by atoms with Crippen LogP contribution in [-0.2, 0) is 6.42 Å². The van der Waals surface area contributed by atoms with Gasteiger partial charge in [-0.1, -0.05) is 164 Å². The van der Waals surface area contributed by atoms with Gasteiger partial charge in [0.2, 0.25) is 0 Å². The molecule has 4 nitrogen and oxygen atoms in total. The second kappa shape index (κ2) is 13.8. The van der Waals surface area contributed by atoms with Crippen molar-refractivity contribution in [1.29, 1.82) is 0 Å². The molecular formula is C46H33N3O. The van der Waals surface area contributed by atoms with Crippen molar-refractivity contribution >= 4 is 21.9 Å². The number of fused-ring (bicyclic) bond motifs is 3. The molecule has 0 unspecified atom stereocenters. The van der Waals surface area contributed by atoms with Crippen molar-refractivity contribution < 1.29 is 4.42 Å². The van der Waals surface area contributed by atoms with Crippen molar-refractivity contribution in [3.8, 4) is 56.4 Å². The second-order valence-corrected chi connectivity index (χ2v) is 12.1. The number of benzene rings is 6. The fourth-order valence-corrected chi connectivity index (χ4v) is 6.25. The number of allylic oxidation sites excluding steroid dienone is 5. The van der Waals surface area contributed by atoms with Crippen LogP contribution in [0.3, 0.4) is 0 Å². The van der Waals surface area contributed by atoms with Crippen molar-refractivity contribution in [3.63, 3.8) is 0 Å². The summed E-state index contributed by atoms with van der Waals surface area (Å²) in [6, 6.07) is 50.0. The van der Waals surface area contributed by atoms with E-state index in [9.17, 15) is 0 Å². The Morgan fingerprint density at radius 1 is 0.480 bits per heavy atom. The molecule has 4 heteroatoms. The normalized spacial score (nSPS) is 11.6. The maximum Gasteiger partial charge on any atom is 0.164 e. The molecule has 0 saturated heterocycles. The van der Waals surface area contributed by atoms with Crippen LogP contribution >= 0.6 is 0 Å². The maximum absolute atomic E-state index is 6.22. The Balaban J connectivity index is 1.19. The van der Waals surface area contributed by atoms with Gasteiger partial charge in [0.05, 0.1) is 0 Å². The molecule has 2 aromatic heterocycles. The topological polar surface area (TPSA) is 51.8 Å². The Morgan fingerprint density at radius 2 is 1.08 bits per heavy atom. The Kier molecular flexibility index (Phi) is 8.49. The van der Waals surface area contributed by atoms with Crippen molar-refractivity contribution in [2.75, 3.05) is 0 Å². The van der Waals surface area contributed by atoms with E-state index in [-0.39, 0.29) is 0 Å². The van der Waals surface area contributed by atoms with Gasteiger partial charge in [-0.2, -0.15) is 0 Å². The Hall–Kier alpha value is -6.65. The Morgan fingerprint density at radius 3 is 1.88 bits per heavy atom. The molecule has 2 heterocycles. The summed E-state index contributed by atoms with van der Waals surface area (Å²) < 4.78 is 6.22. The number of aromatic nitrogens is 3. The zero-order valence-corrected chi connectivity index (χ0v) is 27.4. The van der Waals surface area contributed by atoms with E-state index in [1.54, 1.807) is 6.08 Å². The predicted molar refractivity (Wildman–Crippen MR) is 206 cm³/mol. The van der Waals surface area contributed by atoms with Gasteiger partial charge < -0.3 is 4.42 Å². The summed E-state index contributed by atoms with van der Waals surface area (Å²) in [7, 11) is 0. The molecular weight excluding hydrogens is 611 g/mol. The molecule has 0 aliphatic carbocycles. The number of furan rings is 1. The highest BCUT2D eigenvalue weighted by atomic mass is 16.3. The average molecular weight is 644 g/mol. The van der Waals surface area contributed by atoms with E-state index in [2.05, 4.69) is 122 Å². The molecule has 0 aliphatic heterocycles. The van der Waals surface area contributed by atoms with Gasteiger partial charge in [0.15, 0.2) is 17.5 Å². The van der Waals surface area contributed by atoms with Gasteiger partial charge in [-0.15, -0.1) is 0 Å². The van der Waals surface area contributed by atoms with Crippen LogP contribution in [-0.4, -0.2) is 15.0 Å². The quantitative estimate of drug-likeness (QED) is 0.147. The van der Waals surface area contributed by atoms with Gasteiger partial charge in [-0.25, -0.2) is 15.0 Å². The average Bonchev–Trinajstić information content (AvgIpc) is 3.57. The van der Waals surface area contributed by atoms with E-state index in [0.29, 0.717) is 17.5 Å². The molecule has 50 heavy (non-hydrogen) atoms. The molecule has 0 fully saturated rings. The summed E-state index contributed by atoms with van der Waals surface area (Å²) in [5.41, 5.74) is 10.2. The van der Waals surface area contributed by atoms with Crippen molar-refractivity contribution in [3.05, 3.63) is 188 Å². The van der Waals surface area contributed by atoms with Crippen molar-refractivity contribution in [2.24, 2.45) is 0 Å². The fraction of sp³-hybridized carbons (Fsp3) is 0.0217. The van der Waals surface area contributed by atoms with Crippen LogP contribution in [0.5, 0.6) is 0 Å². The molecule has 238 valence electrons. The second-order valence-electron chi connectivity index (χ2n) is 12.1. The van der Waals surface area contributed by atoms with E-state index >= 15 is 0 Å². The highest BCUT2D eigenvalue weighted by molar-refractivity contribution is 6.11. The minimum absolute atomic E-state index is 0.598. The molecule has 0 spiro atoms. The highest BCUT2D eigenvalue weighted by Crippen LogP contribution is 2.37. The van der Waals surface area contributed by atoms with Crippen molar-refractivity contribution in [1.82, 2.24) is 15.0 Å². The Labute approximate surface area is 291 Å². The molecule has 0 amide bonds. The summed E-state index contributed by atoms with van der Waals surface area (Å²) >= 11 is 0. The molecule has 8 aromatic rings. The van der Waals surface area contributed by atoms with Crippen LogP contribution < -0.4 is 0 Å². The lowest BCUT2D eigenvalue weighted by atomic mass is 10.0. The van der Waals surface area contributed by atoms with Crippen LogP contribution in [0, 0.1) is 0 Å². The van der Waals surface area contributed by atoms with E-state index in [0.717, 1.165) is 67.3 Å². The molecule has 6 aromatic carbocycles. The van der Waals surface area contributed by atoms with E-state index in [1.165, 1.54) is 5.56 Å². The van der Waals surface area contributed by atoms with Gasteiger partial charge in [0, 0.05) is 27.5 Å². The lowest BCUT2D eigenvalue weighted by Crippen LogP contribution is -2.00. The van der Waals surface area contributed by atoms with Crippen LogP contribution in [0.1, 0.15) is 5.56 Å². The van der Waals surface area contributed by atoms with Crippen LogP contribution in [0.2, 0.25) is 0 Å². The van der Waals surface area contributed by atoms with Gasteiger partial charge >= 0.3 is 0 Å². The SMILES string of the molecule is C=C/C=C\C=C/Cc1ccc(-c2ccc(-c3nc(-c4cccc(-c5ccccc5)c4)nc(-c4cccc5oc6ccccc6c45)n3)cc2)cc1. The highest BCUT2D eigenvalue weighted by Gasteiger charge is 2.18. The molecule has 0 saturated carbocycles. The molecule has 0 aliphatic rings. The van der Waals surface area contributed by atoms with Crippen molar-refractivity contribution in [2.45, 2.75) is 6.42 Å². The van der Waals surface area contributed by atoms with Gasteiger partial charge in [-0.3, -0.25) is 0 Å². The standard InChI is InChI=1S/C46H33N3O/c1-2-3-4-5-7-14-32-23-25-34(26-24-32)35-27-29-36(30-28-35)44-47-45(38-18-12-17-37(31-38)33-15-8-6-9-16-33)49-46(48-44)40-20-13-22-42-43(40)39-19-10-11-21-41(39)50-42/h2-13,15-31H,1,14H2/b4-3-,7-5-. The van der Waals surface area contributed by atoms with Crippen LogP contribution in [0.4, 0.5) is 0 Å². The number of hydrogen-bond acceptors (Lipinski definition) is 4. The molecule has 0 N–H and O–H groups in total. The zero-order valence-electron chi connectivity index (χ0n) is 27.4. The smallest absolute Gasteiger partial charge is 0.164 e. The first-order valence-electron chi connectivity index (χ1n) is 16.7. The van der Waals surface area contributed by atoms with E-state index in [1.807, 2.05) is 54.6 Å². The zero-order chi connectivity index (χ0) is 33.7. The van der Waals surface area contributed by atoms with Gasteiger partial charge in [0.1, 0.15) is 11.2 Å². The number of para-hydroxylation sites is 1. The number of rotatable bonds is 9. The number of hydrogen-bond donors (Lipinski definition) is 0. The van der Waals surface area contributed by atoms with E-state index in [4.69, 9.17) is 19.4 Å². The Bertz CT molecular complexity index is 2510. The van der Waals surface area contributed by atoms with Gasteiger partial charge in [-0.05, 0) is 52.4 Å². The first kappa shape index (κ1) is 30.7. The summed E-state index contributed by atoms with van der Waals surface area (Å²) in [4.78, 5) is 15.3. The molecule has 8 rings (SSSR count). The lowest BCUT2D eigenvalue weighted by molar-refractivity contribution is 0.669. The molecule has 0 radical (unpaired) electrons.